The van der Waals surface area contributed by atoms with E-state index in [1.54, 1.807) is 30.0 Å². The topological polar surface area (TPSA) is 93.4 Å². The first-order chi connectivity index (χ1) is 15.4. The molecule has 0 unspecified atom stereocenters. The minimum atomic E-state index is -0.586. The lowest BCUT2D eigenvalue weighted by Crippen LogP contribution is -2.29. The Labute approximate surface area is 198 Å². The molecule has 0 N–H and O–H groups in total. The van der Waals surface area contributed by atoms with Crippen molar-refractivity contribution < 1.29 is 14.5 Å². The molecule has 2 heterocycles. The third-order valence-electron chi connectivity index (χ3n) is 4.97. The fourth-order valence-corrected chi connectivity index (χ4v) is 5.72. The average Bonchev–Trinajstić information content (AvgIpc) is 3.30. The molecular weight excluding hydrogens is 514 g/mol. The number of imide groups is 1. The lowest BCUT2D eigenvalue weighted by molar-refractivity contribution is -0.384. The van der Waals surface area contributed by atoms with Gasteiger partial charge >= 0.3 is 0 Å². The van der Waals surface area contributed by atoms with Crippen LogP contribution in [0.15, 0.2) is 69.5 Å². The standard InChI is InChI=1S/C22H12BrN3O4S2/c23-13-3-1-12(2-4-13)11-31-22-24-18-8-6-14(10-19(18)32-22)25-20(27)16-7-5-15(26(29)30)9-17(16)21(25)28/h1-10H,11H2. The zero-order valence-corrected chi connectivity index (χ0v) is 19.4. The Bertz CT molecular complexity index is 1420. The van der Waals surface area contributed by atoms with Gasteiger partial charge in [-0.05, 0) is 42.0 Å². The van der Waals surface area contributed by atoms with Crippen molar-refractivity contribution in [3.8, 4) is 0 Å². The van der Waals surface area contributed by atoms with E-state index in [9.17, 15) is 19.7 Å². The van der Waals surface area contributed by atoms with E-state index in [0.29, 0.717) is 5.69 Å². The lowest BCUT2D eigenvalue weighted by Gasteiger charge is -2.13. The summed E-state index contributed by atoms with van der Waals surface area (Å²) >= 11 is 6.54. The number of halogens is 1. The van der Waals surface area contributed by atoms with Crippen molar-refractivity contribution in [3.63, 3.8) is 0 Å². The number of nitrogens with zero attached hydrogens (tertiary/aromatic N) is 3. The number of carbonyl (C=O) groups excluding carboxylic acids is 2. The zero-order chi connectivity index (χ0) is 22.4. The van der Waals surface area contributed by atoms with Crippen LogP contribution >= 0.6 is 39.0 Å². The number of hydrogen-bond acceptors (Lipinski definition) is 7. The second-order valence-corrected chi connectivity index (χ2v) is 10.1. The SMILES string of the molecule is O=C1c2ccc([N+](=O)[O-])cc2C(=O)N1c1ccc2nc(SCc3ccc(Br)cc3)sc2c1. The number of non-ortho nitro benzene ring substituents is 1. The lowest BCUT2D eigenvalue weighted by atomic mass is 10.1. The van der Waals surface area contributed by atoms with Crippen molar-refractivity contribution in [1.29, 1.82) is 0 Å². The second-order valence-electron chi connectivity index (χ2n) is 6.98. The Morgan fingerprint density at radius 3 is 2.50 bits per heavy atom. The molecule has 0 aliphatic carbocycles. The van der Waals surface area contributed by atoms with Crippen LogP contribution in [0.5, 0.6) is 0 Å². The molecule has 4 aromatic rings. The van der Waals surface area contributed by atoms with Crippen molar-refractivity contribution >= 4 is 72.4 Å². The van der Waals surface area contributed by atoms with Gasteiger partial charge in [0.2, 0.25) is 0 Å². The Morgan fingerprint density at radius 1 is 1.00 bits per heavy atom. The number of rotatable bonds is 5. The van der Waals surface area contributed by atoms with Crippen LogP contribution in [0, 0.1) is 10.1 Å². The van der Waals surface area contributed by atoms with Crippen LogP contribution < -0.4 is 4.90 Å². The highest BCUT2D eigenvalue weighted by molar-refractivity contribution is 9.10. The minimum Gasteiger partial charge on any atom is -0.268 e. The first-order valence-electron chi connectivity index (χ1n) is 9.36. The predicted molar refractivity (Wildman–Crippen MR) is 128 cm³/mol. The molecular formula is C22H12BrN3O4S2. The van der Waals surface area contributed by atoms with Crippen LogP contribution in [0.2, 0.25) is 0 Å². The maximum absolute atomic E-state index is 12.9. The third kappa shape index (κ3) is 3.70. The van der Waals surface area contributed by atoms with Gasteiger partial charge in [0.1, 0.15) is 0 Å². The fourth-order valence-electron chi connectivity index (χ4n) is 3.40. The molecule has 0 radical (unpaired) electrons. The summed E-state index contributed by atoms with van der Waals surface area (Å²) in [5, 5.41) is 11.0. The van der Waals surface area contributed by atoms with E-state index in [1.165, 1.54) is 29.0 Å². The first-order valence-corrected chi connectivity index (χ1v) is 12.0. The summed E-state index contributed by atoms with van der Waals surface area (Å²) in [6, 6.07) is 17.0. The molecule has 32 heavy (non-hydrogen) atoms. The fraction of sp³-hybridized carbons (Fsp3) is 0.0455. The molecule has 10 heteroatoms. The van der Waals surface area contributed by atoms with Crippen molar-refractivity contribution in [2.24, 2.45) is 0 Å². The Kier molecular flexibility index (Phi) is 5.28. The van der Waals surface area contributed by atoms with E-state index in [0.717, 1.165) is 35.7 Å². The van der Waals surface area contributed by atoms with Crippen LogP contribution in [0.3, 0.4) is 0 Å². The van der Waals surface area contributed by atoms with Crippen LogP contribution in [-0.2, 0) is 5.75 Å². The molecule has 0 spiro atoms. The zero-order valence-electron chi connectivity index (χ0n) is 16.1. The molecule has 158 valence electrons. The molecule has 1 aliphatic heterocycles. The van der Waals surface area contributed by atoms with E-state index in [1.807, 2.05) is 12.1 Å². The molecule has 0 bridgehead atoms. The van der Waals surface area contributed by atoms with Crippen molar-refractivity contribution in [1.82, 2.24) is 4.98 Å². The number of fused-ring (bicyclic) bond motifs is 2. The number of amides is 2. The van der Waals surface area contributed by atoms with Gasteiger partial charge in [0.25, 0.3) is 17.5 Å². The maximum atomic E-state index is 12.9. The number of hydrogen-bond donors (Lipinski definition) is 0. The molecule has 3 aromatic carbocycles. The van der Waals surface area contributed by atoms with Gasteiger partial charge in [0, 0.05) is 22.4 Å². The number of benzene rings is 3. The number of nitro benzene ring substituents is 1. The second kappa shape index (κ2) is 8.12. The number of aromatic nitrogens is 1. The number of thiazole rings is 1. The number of thioether (sulfide) groups is 1. The molecule has 0 saturated heterocycles. The van der Waals surface area contributed by atoms with Crippen LogP contribution in [0.1, 0.15) is 26.3 Å². The highest BCUT2D eigenvalue weighted by Crippen LogP contribution is 2.36. The van der Waals surface area contributed by atoms with Gasteiger partial charge in [-0.25, -0.2) is 9.88 Å². The van der Waals surface area contributed by atoms with Gasteiger partial charge in [0.15, 0.2) is 4.34 Å². The van der Waals surface area contributed by atoms with Crippen LogP contribution in [-0.4, -0.2) is 21.7 Å². The Hall–Kier alpha value is -3.08. The summed E-state index contributed by atoms with van der Waals surface area (Å²) in [5.74, 6) is -0.284. The van der Waals surface area contributed by atoms with Gasteiger partial charge in [0.05, 0.1) is 32.0 Å². The van der Waals surface area contributed by atoms with Crippen LogP contribution in [0.25, 0.3) is 10.2 Å². The molecule has 1 aliphatic rings. The van der Waals surface area contributed by atoms with Gasteiger partial charge in [-0.2, -0.15) is 0 Å². The first kappa shape index (κ1) is 20.8. The van der Waals surface area contributed by atoms with E-state index < -0.39 is 16.7 Å². The maximum Gasteiger partial charge on any atom is 0.270 e. The number of nitro groups is 1. The Balaban J connectivity index is 1.41. The molecule has 2 amide bonds. The monoisotopic (exact) mass is 525 g/mol. The molecule has 5 rings (SSSR count). The molecule has 0 fully saturated rings. The van der Waals surface area contributed by atoms with E-state index in [-0.39, 0.29) is 16.8 Å². The molecule has 7 nitrogen and oxygen atoms in total. The Morgan fingerprint density at radius 2 is 1.75 bits per heavy atom. The summed E-state index contributed by atoms with van der Waals surface area (Å²) in [7, 11) is 0. The third-order valence-corrected chi connectivity index (χ3v) is 7.73. The normalized spacial score (nSPS) is 13.1. The molecule has 1 aromatic heterocycles. The van der Waals surface area contributed by atoms with Gasteiger partial charge < -0.3 is 0 Å². The molecule has 0 atom stereocenters. The highest BCUT2D eigenvalue weighted by Gasteiger charge is 2.38. The van der Waals surface area contributed by atoms with Crippen molar-refractivity contribution in [2.45, 2.75) is 10.1 Å². The minimum absolute atomic E-state index is 0.0411. The number of carbonyl (C=O) groups is 2. The summed E-state index contributed by atoms with van der Waals surface area (Å²) in [6.45, 7) is 0. The van der Waals surface area contributed by atoms with Gasteiger partial charge in [-0.3, -0.25) is 19.7 Å². The average molecular weight is 526 g/mol. The van der Waals surface area contributed by atoms with E-state index in [4.69, 9.17) is 0 Å². The highest BCUT2D eigenvalue weighted by atomic mass is 79.9. The summed E-state index contributed by atoms with van der Waals surface area (Å²) in [6.07, 6.45) is 0. The molecule has 0 saturated carbocycles. The largest absolute Gasteiger partial charge is 0.270 e. The van der Waals surface area contributed by atoms with E-state index in [2.05, 4.69) is 33.0 Å². The predicted octanol–water partition coefficient (Wildman–Crippen LogP) is 6.06. The van der Waals surface area contributed by atoms with Crippen LogP contribution in [0.4, 0.5) is 11.4 Å². The summed E-state index contributed by atoms with van der Waals surface area (Å²) < 4.78 is 2.77. The van der Waals surface area contributed by atoms with Gasteiger partial charge in [-0.15, -0.1) is 11.3 Å². The number of anilines is 1. The van der Waals surface area contributed by atoms with Gasteiger partial charge in [-0.1, -0.05) is 39.8 Å². The summed E-state index contributed by atoms with van der Waals surface area (Å²) in [4.78, 5) is 41.8. The van der Waals surface area contributed by atoms with Crippen molar-refractivity contribution in [2.75, 3.05) is 4.90 Å². The quantitative estimate of drug-likeness (QED) is 0.136. The summed E-state index contributed by atoms with van der Waals surface area (Å²) in [5.41, 5.74) is 2.36. The van der Waals surface area contributed by atoms with Crippen molar-refractivity contribution in [3.05, 3.63) is 91.9 Å². The smallest absolute Gasteiger partial charge is 0.268 e. The van der Waals surface area contributed by atoms with E-state index >= 15 is 0 Å².